The number of halogens is 2. The zero-order valence-corrected chi connectivity index (χ0v) is 7.76. The molecule has 2 N–H and O–H groups in total. The molecule has 3 nitrogen and oxygen atoms in total. The minimum Gasteiger partial charge on any atom is -0.225 e. The van der Waals surface area contributed by atoms with E-state index in [1.165, 1.54) is 0 Å². The van der Waals surface area contributed by atoms with Gasteiger partial charge in [0.1, 0.15) is 11.6 Å². The van der Waals surface area contributed by atoms with Crippen LogP contribution in [0, 0.1) is 11.6 Å². The molecule has 76 valence electrons. The Balaban J connectivity index is 3.09. The summed E-state index contributed by atoms with van der Waals surface area (Å²) in [5.74, 6) is -1.37. The normalized spacial score (nSPS) is 12.2. The van der Waals surface area contributed by atoms with Gasteiger partial charge in [-0.1, -0.05) is 0 Å². The molecule has 0 unspecified atom stereocenters. The van der Waals surface area contributed by atoms with E-state index >= 15 is 0 Å². The summed E-state index contributed by atoms with van der Waals surface area (Å²) in [6, 6.07) is 2.71. The molecule has 0 saturated heterocycles. The maximum atomic E-state index is 12.9. The number of primary sulfonamides is 1. The lowest BCUT2D eigenvalue weighted by Gasteiger charge is -1.95. The van der Waals surface area contributed by atoms with Gasteiger partial charge in [0.2, 0.25) is 10.0 Å². The lowest BCUT2D eigenvalue weighted by atomic mass is 10.2. The van der Waals surface area contributed by atoms with Crippen LogP contribution in [-0.4, -0.2) is 8.42 Å². The van der Waals surface area contributed by atoms with Crippen LogP contribution in [-0.2, 0) is 10.0 Å². The Labute approximate surface area is 79.9 Å². The van der Waals surface area contributed by atoms with Gasteiger partial charge < -0.3 is 0 Å². The van der Waals surface area contributed by atoms with Gasteiger partial charge in [-0.2, -0.15) is 0 Å². The predicted octanol–water partition coefficient (Wildman–Crippen LogP) is 1.22. The maximum absolute atomic E-state index is 12.9. The molecule has 0 saturated carbocycles. The monoisotopic (exact) mass is 219 g/mol. The van der Waals surface area contributed by atoms with Crippen molar-refractivity contribution >= 4 is 16.1 Å². The van der Waals surface area contributed by atoms with Crippen LogP contribution in [0.5, 0.6) is 0 Å². The molecule has 0 radical (unpaired) electrons. The summed E-state index contributed by atoms with van der Waals surface area (Å²) < 4.78 is 46.4. The van der Waals surface area contributed by atoms with Crippen LogP contribution in [0.2, 0.25) is 0 Å². The molecular formula is C8H7F2NO2S. The van der Waals surface area contributed by atoms with Crippen LogP contribution >= 0.6 is 0 Å². The van der Waals surface area contributed by atoms with Crippen molar-refractivity contribution in [3.8, 4) is 0 Å². The molecule has 6 heteroatoms. The Morgan fingerprint density at radius 2 is 1.93 bits per heavy atom. The van der Waals surface area contributed by atoms with Gasteiger partial charge in [0.05, 0.1) is 0 Å². The fourth-order valence-electron chi connectivity index (χ4n) is 0.810. The topological polar surface area (TPSA) is 60.2 Å². The first-order valence-electron chi connectivity index (χ1n) is 3.54. The van der Waals surface area contributed by atoms with Crippen molar-refractivity contribution in [2.24, 2.45) is 5.14 Å². The molecule has 14 heavy (non-hydrogen) atoms. The Kier molecular flexibility index (Phi) is 2.97. The first kappa shape index (κ1) is 10.8. The molecule has 0 aromatic heterocycles. The Hall–Kier alpha value is -1.27. The van der Waals surface area contributed by atoms with E-state index in [-0.39, 0.29) is 5.56 Å². The quantitative estimate of drug-likeness (QED) is 0.813. The summed E-state index contributed by atoms with van der Waals surface area (Å²) in [4.78, 5) is 0. The SMILES string of the molecule is NS(=O)(=O)/C=C/c1cc(F)ccc1F. The van der Waals surface area contributed by atoms with Crippen molar-refractivity contribution in [2.45, 2.75) is 0 Å². The molecule has 1 rings (SSSR count). The maximum Gasteiger partial charge on any atom is 0.231 e. The summed E-state index contributed by atoms with van der Waals surface area (Å²) >= 11 is 0. The molecular weight excluding hydrogens is 212 g/mol. The molecule has 0 amide bonds. The Morgan fingerprint density at radius 1 is 1.29 bits per heavy atom. The molecule has 0 atom stereocenters. The molecule has 1 aromatic carbocycles. The first-order valence-corrected chi connectivity index (χ1v) is 5.15. The van der Waals surface area contributed by atoms with Gasteiger partial charge in [0.15, 0.2) is 0 Å². The van der Waals surface area contributed by atoms with E-state index in [0.29, 0.717) is 5.41 Å². The van der Waals surface area contributed by atoms with Crippen LogP contribution in [0.25, 0.3) is 6.08 Å². The van der Waals surface area contributed by atoms with Gasteiger partial charge >= 0.3 is 0 Å². The fourth-order valence-corrected chi connectivity index (χ4v) is 1.15. The number of sulfonamides is 1. The zero-order chi connectivity index (χ0) is 10.8. The van der Waals surface area contributed by atoms with Crippen molar-refractivity contribution in [2.75, 3.05) is 0 Å². The van der Waals surface area contributed by atoms with E-state index in [0.717, 1.165) is 24.3 Å². The summed E-state index contributed by atoms with van der Waals surface area (Å²) in [5, 5.41) is 5.24. The lowest BCUT2D eigenvalue weighted by Crippen LogP contribution is -2.06. The van der Waals surface area contributed by atoms with Gasteiger partial charge in [-0.25, -0.2) is 22.3 Å². The highest BCUT2D eigenvalue weighted by Gasteiger charge is 2.01. The molecule has 0 aliphatic rings. The van der Waals surface area contributed by atoms with E-state index < -0.39 is 21.7 Å². The fraction of sp³-hybridized carbons (Fsp3) is 0. The average molecular weight is 219 g/mol. The third-order valence-electron chi connectivity index (χ3n) is 1.40. The van der Waals surface area contributed by atoms with Gasteiger partial charge in [0.25, 0.3) is 0 Å². The summed E-state index contributed by atoms with van der Waals surface area (Å²) in [5.41, 5.74) is -0.168. The van der Waals surface area contributed by atoms with Crippen molar-refractivity contribution in [1.82, 2.24) is 0 Å². The highest BCUT2D eigenvalue weighted by atomic mass is 32.2. The number of rotatable bonds is 2. The van der Waals surface area contributed by atoms with Crippen molar-refractivity contribution in [3.05, 3.63) is 40.8 Å². The van der Waals surface area contributed by atoms with E-state index in [4.69, 9.17) is 0 Å². The van der Waals surface area contributed by atoms with Gasteiger partial charge in [-0.05, 0) is 24.3 Å². The second-order valence-electron chi connectivity index (χ2n) is 2.56. The minimum absolute atomic E-state index is 0.168. The molecule has 1 aromatic rings. The van der Waals surface area contributed by atoms with Gasteiger partial charge in [0, 0.05) is 11.0 Å². The van der Waals surface area contributed by atoms with Crippen LogP contribution in [0.15, 0.2) is 23.6 Å². The smallest absolute Gasteiger partial charge is 0.225 e. The number of hydrogen-bond donors (Lipinski definition) is 1. The molecule has 0 aliphatic heterocycles. The van der Waals surface area contributed by atoms with Crippen molar-refractivity contribution in [3.63, 3.8) is 0 Å². The Morgan fingerprint density at radius 3 is 2.50 bits per heavy atom. The molecule has 0 bridgehead atoms. The van der Waals surface area contributed by atoms with E-state index in [2.05, 4.69) is 5.14 Å². The Bertz CT molecular complexity index is 468. The molecule has 0 aliphatic carbocycles. The average Bonchev–Trinajstić information content (AvgIpc) is 2.05. The predicted molar refractivity (Wildman–Crippen MR) is 48.5 cm³/mol. The molecule has 0 heterocycles. The third-order valence-corrected chi connectivity index (χ3v) is 1.91. The van der Waals surface area contributed by atoms with Crippen LogP contribution < -0.4 is 5.14 Å². The second-order valence-corrected chi connectivity index (χ2v) is 4.01. The summed E-state index contributed by atoms with van der Waals surface area (Å²) in [7, 11) is -3.82. The third kappa shape index (κ3) is 3.23. The zero-order valence-electron chi connectivity index (χ0n) is 6.94. The first-order chi connectivity index (χ1) is 6.38. The lowest BCUT2D eigenvalue weighted by molar-refractivity contribution is 0.597. The summed E-state index contributed by atoms with van der Waals surface area (Å²) in [6.45, 7) is 0. The molecule has 0 fully saturated rings. The highest BCUT2D eigenvalue weighted by Crippen LogP contribution is 2.11. The van der Waals surface area contributed by atoms with E-state index in [9.17, 15) is 17.2 Å². The van der Waals surface area contributed by atoms with Crippen LogP contribution in [0.1, 0.15) is 5.56 Å². The van der Waals surface area contributed by atoms with E-state index in [1.54, 1.807) is 0 Å². The van der Waals surface area contributed by atoms with Crippen molar-refractivity contribution < 1.29 is 17.2 Å². The number of hydrogen-bond acceptors (Lipinski definition) is 2. The highest BCUT2D eigenvalue weighted by molar-refractivity contribution is 7.92. The number of nitrogens with two attached hydrogens (primary N) is 1. The van der Waals surface area contributed by atoms with E-state index in [1.807, 2.05) is 0 Å². The van der Waals surface area contributed by atoms with Gasteiger partial charge in [-0.15, -0.1) is 0 Å². The van der Waals surface area contributed by atoms with Crippen LogP contribution in [0.4, 0.5) is 8.78 Å². The standard InChI is InChI=1S/C8H7F2NO2S/c9-7-1-2-8(10)6(5-7)3-4-14(11,12)13/h1-5H,(H2,11,12,13)/b4-3+. The van der Waals surface area contributed by atoms with Gasteiger partial charge in [-0.3, -0.25) is 0 Å². The summed E-state index contributed by atoms with van der Waals surface area (Å²) in [6.07, 6.45) is 0.897. The van der Waals surface area contributed by atoms with Crippen molar-refractivity contribution in [1.29, 1.82) is 0 Å². The van der Waals surface area contributed by atoms with Crippen LogP contribution in [0.3, 0.4) is 0 Å². The number of benzene rings is 1. The minimum atomic E-state index is -3.82. The largest absolute Gasteiger partial charge is 0.231 e. The molecule has 0 spiro atoms. The second kappa shape index (κ2) is 3.85.